The highest BCUT2D eigenvalue weighted by Crippen LogP contribution is 3.00. The van der Waals surface area contributed by atoms with Crippen LogP contribution in [-0.4, -0.2) is 49.6 Å². The summed E-state index contributed by atoms with van der Waals surface area (Å²) in [6.07, 6.45) is -2.04. The molecule has 4 heterocycles. The predicted molar refractivity (Wildman–Crippen MR) is 46.9 cm³/mol. The molecule has 0 aromatic carbocycles. The van der Waals surface area contributed by atoms with E-state index in [4.69, 9.17) is 0 Å². The molecule has 0 unspecified atom stereocenters. The monoisotopic (exact) mass is 334 g/mol. The first-order valence-electron chi connectivity index (χ1n) is 4.77. The van der Waals surface area contributed by atoms with Crippen molar-refractivity contribution in [2.75, 3.05) is 0 Å². The average Bonchev–Trinajstić information content (AvgIpc) is 3.02. The summed E-state index contributed by atoms with van der Waals surface area (Å²) in [7, 11) is -7.31. The second-order valence-electron chi connectivity index (χ2n) is 4.19. The van der Waals surface area contributed by atoms with Crippen LogP contribution in [0.3, 0.4) is 0 Å². The van der Waals surface area contributed by atoms with E-state index < -0.39 is 44.3 Å². The molecule has 4 aliphatic rings. The molecule has 0 aliphatic carbocycles. The van der Waals surface area contributed by atoms with Gasteiger partial charge in [-0.1, -0.05) is 0 Å². The van der Waals surface area contributed by atoms with Crippen molar-refractivity contribution in [2.45, 2.75) is 23.0 Å². The van der Waals surface area contributed by atoms with E-state index in [1.165, 1.54) is 0 Å². The molecule has 112 valence electrons. The van der Waals surface area contributed by atoms with E-state index in [2.05, 4.69) is 27.6 Å². The molecule has 15 heteroatoms. The van der Waals surface area contributed by atoms with Crippen molar-refractivity contribution in [3.8, 4) is 0 Å². The Morgan fingerprint density at radius 3 is 1.30 bits per heavy atom. The fourth-order valence-electron chi connectivity index (χ4n) is 1.56. The van der Waals surface area contributed by atoms with E-state index in [1.54, 1.807) is 0 Å². The fraction of sp³-hybridized carbons (Fsp3) is 0.800. The molecule has 4 N–H and O–H groups in total. The van der Waals surface area contributed by atoms with Gasteiger partial charge in [0.2, 0.25) is 0 Å². The smallest absolute Gasteiger partial charge is 0.370 e. The SMILES string of the molecule is O=C(OC(O)(O)C12OP1(=O)O2)OC(O)(O)C12OP1(=O)O2. The molecular formula is C5H4O13P2. The van der Waals surface area contributed by atoms with Crippen molar-refractivity contribution < 1.29 is 61.9 Å². The van der Waals surface area contributed by atoms with Gasteiger partial charge in [-0.2, -0.15) is 0 Å². The molecule has 13 nitrogen and oxygen atoms in total. The molecule has 4 saturated heterocycles. The predicted octanol–water partition coefficient (Wildman–Crippen LogP) is -1.77. The third-order valence-corrected chi connectivity index (χ3v) is 6.56. The average molecular weight is 334 g/mol. The summed E-state index contributed by atoms with van der Waals surface area (Å²) in [6.45, 7) is 0. The molecule has 4 fully saturated rings. The normalized spacial score (nSPS) is 50.6. The Morgan fingerprint density at radius 2 is 1.10 bits per heavy atom. The molecule has 20 heavy (non-hydrogen) atoms. The third kappa shape index (κ3) is 1.24. The van der Waals surface area contributed by atoms with Crippen molar-refractivity contribution in [1.29, 1.82) is 0 Å². The number of carbonyl (C=O) groups excluding carboxylic acids is 1. The second kappa shape index (κ2) is 2.83. The maximum Gasteiger partial charge on any atom is 0.517 e. The number of ether oxygens (including phenoxy) is 2. The molecule has 4 aliphatic heterocycles. The zero-order valence-electron chi connectivity index (χ0n) is 8.86. The van der Waals surface area contributed by atoms with Crippen LogP contribution in [0.2, 0.25) is 0 Å². The van der Waals surface area contributed by atoms with Crippen molar-refractivity contribution in [3.63, 3.8) is 0 Å². The van der Waals surface area contributed by atoms with Crippen LogP contribution >= 0.6 is 15.2 Å². The number of rotatable bonds is 4. The Labute approximate surface area is 107 Å². The van der Waals surface area contributed by atoms with Crippen LogP contribution in [0.15, 0.2) is 0 Å². The lowest BCUT2D eigenvalue weighted by Crippen LogP contribution is -2.49. The molecule has 0 spiro atoms. The summed E-state index contributed by atoms with van der Waals surface area (Å²) in [4.78, 5) is 11.2. The zero-order chi connectivity index (χ0) is 14.8. The van der Waals surface area contributed by atoms with Gasteiger partial charge in [0.05, 0.1) is 0 Å². The number of fused-ring (bicyclic) bond motifs is 2. The molecule has 0 amide bonds. The Bertz CT molecular complexity index is 573. The summed E-state index contributed by atoms with van der Waals surface area (Å²) < 4.78 is 47.0. The van der Waals surface area contributed by atoms with Gasteiger partial charge in [0, 0.05) is 0 Å². The first-order chi connectivity index (χ1) is 8.93. The summed E-state index contributed by atoms with van der Waals surface area (Å²) in [5.41, 5.74) is -4.77. The van der Waals surface area contributed by atoms with Gasteiger partial charge in [-0.05, 0) is 0 Å². The van der Waals surface area contributed by atoms with Gasteiger partial charge >= 0.3 is 44.3 Å². The zero-order valence-corrected chi connectivity index (χ0v) is 10.6. The summed E-state index contributed by atoms with van der Waals surface area (Å²) >= 11 is 0. The largest absolute Gasteiger partial charge is 0.517 e. The summed E-state index contributed by atoms with van der Waals surface area (Å²) in [5.74, 6) is -6.96. The quantitative estimate of drug-likeness (QED) is 0.195. The minimum atomic E-state index is -3.66. The lowest BCUT2D eigenvalue weighted by Gasteiger charge is -2.23. The Morgan fingerprint density at radius 1 is 0.850 bits per heavy atom. The van der Waals surface area contributed by atoms with Crippen LogP contribution in [0.5, 0.6) is 0 Å². The van der Waals surface area contributed by atoms with Crippen LogP contribution in [-0.2, 0) is 36.7 Å². The molecule has 0 aromatic rings. The summed E-state index contributed by atoms with van der Waals surface area (Å²) in [6, 6.07) is 0. The minimum absolute atomic E-state index is 2.04. The fourth-order valence-corrected chi connectivity index (χ4v) is 4.81. The number of aliphatic hydroxyl groups is 4. The molecule has 0 atom stereocenters. The first kappa shape index (κ1) is 13.1. The maximum absolute atomic E-state index is 11.2. The highest BCUT2D eigenvalue weighted by atomic mass is 31.2. The van der Waals surface area contributed by atoms with Crippen LogP contribution in [0.1, 0.15) is 0 Å². The van der Waals surface area contributed by atoms with E-state index in [0.717, 1.165) is 0 Å². The van der Waals surface area contributed by atoms with E-state index in [-0.39, 0.29) is 0 Å². The van der Waals surface area contributed by atoms with Gasteiger partial charge < -0.3 is 29.9 Å². The van der Waals surface area contributed by atoms with E-state index in [1.807, 2.05) is 0 Å². The summed E-state index contributed by atoms with van der Waals surface area (Å²) in [5, 5.41) is 37.2. The first-order valence-corrected chi connectivity index (χ1v) is 7.86. The van der Waals surface area contributed by atoms with E-state index in [0.29, 0.717) is 0 Å². The second-order valence-corrected chi connectivity index (χ2v) is 8.09. The van der Waals surface area contributed by atoms with Crippen molar-refractivity contribution in [3.05, 3.63) is 0 Å². The van der Waals surface area contributed by atoms with Crippen molar-refractivity contribution >= 4 is 21.3 Å². The molecular weight excluding hydrogens is 330 g/mol. The van der Waals surface area contributed by atoms with Crippen LogP contribution < -0.4 is 0 Å². The highest BCUT2D eigenvalue weighted by Gasteiger charge is 3.03. The Balaban J connectivity index is 1.42. The molecule has 0 radical (unpaired) electrons. The van der Waals surface area contributed by atoms with Gasteiger partial charge in [0.15, 0.2) is 0 Å². The van der Waals surface area contributed by atoms with Crippen LogP contribution in [0.25, 0.3) is 0 Å². The lowest BCUT2D eigenvalue weighted by molar-refractivity contribution is -0.400. The number of hydrogen-bond donors (Lipinski definition) is 4. The van der Waals surface area contributed by atoms with Gasteiger partial charge in [0.1, 0.15) is 0 Å². The highest BCUT2D eigenvalue weighted by molar-refractivity contribution is 7.68. The topological polar surface area (TPSA) is 201 Å². The standard InChI is InChI=1S/C5H4O13P2/c6-1(13-2(7,8)4-15-19(4,11)16-4)14-3(9,10)5-17-20(5,12)18-5/h7-10H. The van der Waals surface area contributed by atoms with E-state index in [9.17, 15) is 34.4 Å². The van der Waals surface area contributed by atoms with Gasteiger partial charge in [-0.15, -0.1) is 0 Å². The Hall–Kier alpha value is -0.590. The van der Waals surface area contributed by atoms with Crippen molar-refractivity contribution in [1.82, 2.24) is 0 Å². The molecule has 0 aromatic heterocycles. The van der Waals surface area contributed by atoms with Crippen molar-refractivity contribution in [2.24, 2.45) is 0 Å². The van der Waals surface area contributed by atoms with E-state index >= 15 is 0 Å². The van der Waals surface area contributed by atoms with Crippen LogP contribution in [0, 0.1) is 0 Å². The number of carbonyl (C=O) groups is 1. The minimum Gasteiger partial charge on any atom is -0.370 e. The van der Waals surface area contributed by atoms with Gasteiger partial charge in [0.25, 0.3) is 0 Å². The maximum atomic E-state index is 11.2. The molecule has 0 saturated carbocycles. The van der Waals surface area contributed by atoms with Gasteiger partial charge in [-0.3, -0.25) is 27.2 Å². The third-order valence-electron chi connectivity index (χ3n) is 2.84. The lowest BCUT2D eigenvalue weighted by atomic mass is 10.5. The van der Waals surface area contributed by atoms with Crippen LogP contribution in [0.4, 0.5) is 4.79 Å². The van der Waals surface area contributed by atoms with Gasteiger partial charge in [-0.25, -0.2) is 4.79 Å². The molecule has 0 bridgehead atoms. The Kier molecular flexibility index (Phi) is 1.85. The number of hydrogen-bond acceptors (Lipinski definition) is 13. The molecule has 4 rings (SSSR count).